The van der Waals surface area contributed by atoms with E-state index < -0.39 is 6.10 Å². The lowest BCUT2D eigenvalue weighted by atomic mass is 9.90. The minimum absolute atomic E-state index is 0.108. The summed E-state index contributed by atoms with van der Waals surface area (Å²) in [5.41, 5.74) is 0.796. The zero-order valence-corrected chi connectivity index (χ0v) is 11.0. The largest absolute Gasteiger partial charge is 0.508 e. The minimum Gasteiger partial charge on any atom is -0.508 e. The van der Waals surface area contributed by atoms with Crippen LogP contribution in [0.3, 0.4) is 0 Å². The molecule has 1 aliphatic rings. The van der Waals surface area contributed by atoms with Gasteiger partial charge in [0.15, 0.2) is 0 Å². The van der Waals surface area contributed by atoms with Crippen molar-refractivity contribution >= 4 is 0 Å². The van der Waals surface area contributed by atoms with Crippen LogP contribution in [0.4, 0.5) is 0 Å². The van der Waals surface area contributed by atoms with Crippen LogP contribution in [-0.4, -0.2) is 22.3 Å². The summed E-state index contributed by atoms with van der Waals surface area (Å²) >= 11 is 0. The van der Waals surface area contributed by atoms with Gasteiger partial charge in [-0.25, -0.2) is 0 Å². The fourth-order valence-electron chi connectivity index (χ4n) is 2.82. The van der Waals surface area contributed by atoms with E-state index in [4.69, 9.17) is 0 Å². The maximum absolute atomic E-state index is 10.4. The molecule has 3 N–H and O–H groups in total. The van der Waals surface area contributed by atoms with E-state index in [0.29, 0.717) is 6.04 Å². The number of hydrogen-bond acceptors (Lipinski definition) is 3. The molecule has 1 aromatic carbocycles. The van der Waals surface area contributed by atoms with Crippen LogP contribution in [0.2, 0.25) is 0 Å². The van der Waals surface area contributed by atoms with Gasteiger partial charge < -0.3 is 15.5 Å². The van der Waals surface area contributed by atoms with Crippen molar-refractivity contribution in [1.82, 2.24) is 5.32 Å². The van der Waals surface area contributed by atoms with E-state index in [0.717, 1.165) is 18.4 Å². The van der Waals surface area contributed by atoms with Crippen molar-refractivity contribution in [1.29, 1.82) is 0 Å². The highest BCUT2D eigenvalue weighted by Gasteiger charge is 2.27. The number of piperidine rings is 1. The normalized spacial score (nSPS) is 25.9. The molecule has 3 nitrogen and oxygen atoms in total. The molecule has 3 unspecified atom stereocenters. The lowest BCUT2D eigenvalue weighted by Gasteiger charge is -2.34. The molecule has 1 saturated heterocycles. The van der Waals surface area contributed by atoms with Gasteiger partial charge in [-0.05, 0) is 37.0 Å². The maximum Gasteiger partial charge on any atom is 0.115 e. The number of hydrogen-bond donors (Lipinski definition) is 3. The Bertz CT molecular complexity index is 379. The van der Waals surface area contributed by atoms with Gasteiger partial charge >= 0.3 is 0 Å². The van der Waals surface area contributed by atoms with Gasteiger partial charge in [0.2, 0.25) is 0 Å². The third-order valence-electron chi connectivity index (χ3n) is 3.75. The van der Waals surface area contributed by atoms with E-state index in [1.165, 1.54) is 19.3 Å². The molecule has 0 aliphatic carbocycles. The van der Waals surface area contributed by atoms with Gasteiger partial charge in [0.25, 0.3) is 0 Å². The highest BCUT2D eigenvalue weighted by Crippen LogP contribution is 2.27. The van der Waals surface area contributed by atoms with E-state index in [9.17, 15) is 10.2 Å². The summed E-state index contributed by atoms with van der Waals surface area (Å²) in [6.45, 7) is 2.19. The first-order chi connectivity index (χ1) is 8.70. The Morgan fingerprint density at radius 2 is 2.22 bits per heavy atom. The fourth-order valence-corrected chi connectivity index (χ4v) is 2.82. The van der Waals surface area contributed by atoms with Crippen molar-refractivity contribution < 1.29 is 10.2 Å². The summed E-state index contributed by atoms with van der Waals surface area (Å²) in [5.74, 6) is 0.215. The fraction of sp³-hybridized carbons (Fsp3) is 0.600. The topological polar surface area (TPSA) is 52.5 Å². The zero-order valence-electron chi connectivity index (χ0n) is 11.0. The smallest absolute Gasteiger partial charge is 0.115 e. The highest BCUT2D eigenvalue weighted by molar-refractivity contribution is 5.29. The SMILES string of the molecule is CCCC1CCCC(C(O)c2cccc(O)c2)N1. The second kappa shape index (κ2) is 6.21. The van der Waals surface area contributed by atoms with Crippen LogP contribution in [0.1, 0.15) is 50.7 Å². The van der Waals surface area contributed by atoms with Crippen LogP contribution in [-0.2, 0) is 0 Å². The maximum atomic E-state index is 10.4. The molecule has 0 saturated carbocycles. The van der Waals surface area contributed by atoms with Gasteiger partial charge in [0.05, 0.1) is 6.10 Å². The first-order valence-electron chi connectivity index (χ1n) is 6.93. The molecule has 1 aromatic rings. The van der Waals surface area contributed by atoms with Gasteiger partial charge in [-0.3, -0.25) is 0 Å². The van der Waals surface area contributed by atoms with E-state index in [1.54, 1.807) is 18.2 Å². The molecule has 0 aromatic heterocycles. The van der Waals surface area contributed by atoms with E-state index in [2.05, 4.69) is 12.2 Å². The lowest BCUT2D eigenvalue weighted by molar-refractivity contribution is 0.0996. The Morgan fingerprint density at radius 1 is 1.39 bits per heavy atom. The van der Waals surface area contributed by atoms with E-state index >= 15 is 0 Å². The minimum atomic E-state index is -0.531. The molecular weight excluding hydrogens is 226 g/mol. The molecule has 0 amide bonds. The summed E-state index contributed by atoms with van der Waals surface area (Å²) in [6, 6.07) is 7.56. The van der Waals surface area contributed by atoms with Crippen LogP contribution in [0.25, 0.3) is 0 Å². The van der Waals surface area contributed by atoms with Crippen molar-refractivity contribution in [3.63, 3.8) is 0 Å². The Hall–Kier alpha value is -1.06. The number of benzene rings is 1. The molecule has 100 valence electrons. The molecule has 1 aliphatic heterocycles. The Morgan fingerprint density at radius 3 is 2.94 bits per heavy atom. The summed E-state index contributed by atoms with van der Waals surface area (Å²) in [4.78, 5) is 0. The van der Waals surface area contributed by atoms with Crippen LogP contribution in [0.15, 0.2) is 24.3 Å². The molecule has 2 rings (SSSR count). The van der Waals surface area contributed by atoms with E-state index in [1.807, 2.05) is 6.07 Å². The number of phenols is 1. The average Bonchev–Trinajstić information content (AvgIpc) is 2.39. The second-order valence-electron chi connectivity index (χ2n) is 5.23. The van der Waals surface area contributed by atoms with Crippen molar-refractivity contribution in [2.24, 2.45) is 0 Å². The average molecular weight is 249 g/mol. The van der Waals surface area contributed by atoms with E-state index in [-0.39, 0.29) is 11.8 Å². The number of phenolic OH excluding ortho intramolecular Hbond substituents is 1. The summed E-state index contributed by atoms with van der Waals surface area (Å²) in [6.07, 6.45) is 5.18. The van der Waals surface area contributed by atoms with Gasteiger partial charge in [0, 0.05) is 12.1 Å². The first-order valence-corrected chi connectivity index (χ1v) is 6.93. The summed E-state index contributed by atoms with van der Waals surface area (Å²) in [5, 5.41) is 23.4. The van der Waals surface area contributed by atoms with Crippen molar-refractivity contribution in [3.8, 4) is 5.75 Å². The number of aliphatic hydroxyl groups excluding tert-OH is 1. The van der Waals surface area contributed by atoms with Crippen LogP contribution >= 0.6 is 0 Å². The Kier molecular flexibility index (Phi) is 4.61. The quantitative estimate of drug-likeness (QED) is 0.769. The number of aliphatic hydroxyl groups is 1. The third-order valence-corrected chi connectivity index (χ3v) is 3.75. The highest BCUT2D eigenvalue weighted by atomic mass is 16.3. The molecule has 0 spiro atoms. The van der Waals surface area contributed by atoms with Crippen LogP contribution in [0, 0.1) is 0 Å². The lowest BCUT2D eigenvalue weighted by Crippen LogP contribution is -2.45. The summed E-state index contributed by atoms with van der Waals surface area (Å²) < 4.78 is 0. The van der Waals surface area contributed by atoms with Crippen molar-refractivity contribution in [2.45, 2.75) is 57.2 Å². The predicted molar refractivity (Wildman–Crippen MR) is 72.5 cm³/mol. The molecule has 0 bridgehead atoms. The van der Waals surface area contributed by atoms with Gasteiger partial charge in [-0.15, -0.1) is 0 Å². The first kappa shape index (κ1) is 13.4. The molecule has 0 radical (unpaired) electrons. The molecule has 1 heterocycles. The van der Waals surface area contributed by atoms with Gasteiger partial charge in [0.1, 0.15) is 5.75 Å². The summed E-state index contributed by atoms with van der Waals surface area (Å²) in [7, 11) is 0. The predicted octanol–water partition coefficient (Wildman–Crippen LogP) is 2.74. The molecule has 18 heavy (non-hydrogen) atoms. The van der Waals surface area contributed by atoms with Crippen LogP contribution < -0.4 is 5.32 Å². The Balaban J connectivity index is 2.02. The van der Waals surface area contributed by atoms with Crippen molar-refractivity contribution in [2.75, 3.05) is 0 Å². The molecule has 1 fully saturated rings. The number of aromatic hydroxyl groups is 1. The Labute approximate surface area is 109 Å². The van der Waals surface area contributed by atoms with Crippen molar-refractivity contribution in [3.05, 3.63) is 29.8 Å². The second-order valence-corrected chi connectivity index (χ2v) is 5.23. The van der Waals surface area contributed by atoms with Gasteiger partial charge in [-0.1, -0.05) is 31.9 Å². The molecule has 3 atom stereocenters. The number of nitrogens with one attached hydrogen (secondary N) is 1. The number of rotatable bonds is 4. The van der Waals surface area contributed by atoms with Crippen LogP contribution in [0.5, 0.6) is 5.75 Å². The molecule has 3 heteroatoms. The zero-order chi connectivity index (χ0) is 13.0. The molecular formula is C15H23NO2. The standard InChI is InChI=1S/C15H23NO2/c1-2-5-12-7-4-9-14(16-12)15(18)11-6-3-8-13(17)10-11/h3,6,8,10,12,14-18H,2,4-5,7,9H2,1H3. The monoisotopic (exact) mass is 249 g/mol. The van der Waals surface area contributed by atoms with Gasteiger partial charge in [-0.2, -0.15) is 0 Å². The third kappa shape index (κ3) is 3.24.